The number of rotatable bonds is 6. The monoisotopic (exact) mass is 365 g/mol. The Labute approximate surface area is 163 Å². The Morgan fingerprint density at radius 2 is 1.74 bits per heavy atom. The number of anilines is 1. The number of nitrogens with one attached hydrogen (secondary N) is 1. The number of carbonyl (C=O) groups excluding carboxylic acids is 1. The maximum Gasteiger partial charge on any atom is 0.235 e. The van der Waals surface area contributed by atoms with Gasteiger partial charge in [0.15, 0.2) is 0 Å². The Morgan fingerprint density at radius 1 is 1.07 bits per heavy atom. The molecule has 1 N–H and O–H groups in total. The summed E-state index contributed by atoms with van der Waals surface area (Å²) >= 11 is 0. The number of hydrogen-bond donors (Lipinski definition) is 1. The summed E-state index contributed by atoms with van der Waals surface area (Å²) in [6.45, 7) is 9.07. The lowest BCUT2D eigenvalue weighted by Crippen LogP contribution is -2.38. The van der Waals surface area contributed by atoms with Gasteiger partial charge in [-0.25, -0.2) is 0 Å². The Kier molecular flexibility index (Phi) is 5.88. The van der Waals surface area contributed by atoms with E-state index in [2.05, 4.69) is 50.4 Å². The molecule has 0 aromatic heterocycles. The molecule has 1 fully saturated rings. The average molecular weight is 366 g/mol. The molecule has 3 nitrogen and oxygen atoms in total. The molecule has 0 bridgehead atoms. The second-order valence-corrected chi connectivity index (χ2v) is 8.29. The number of hydrogen-bond acceptors (Lipinski definition) is 2. The maximum atomic E-state index is 13.3. The first-order chi connectivity index (χ1) is 12.9. The van der Waals surface area contributed by atoms with Crippen LogP contribution < -0.4 is 10.1 Å². The highest BCUT2D eigenvalue weighted by molar-refractivity contribution is 5.99. The first-order valence-electron chi connectivity index (χ1n) is 10.0. The van der Waals surface area contributed by atoms with Crippen molar-refractivity contribution >= 4 is 11.6 Å². The molecule has 1 aliphatic rings. The Hall–Kier alpha value is -2.29. The van der Waals surface area contributed by atoms with Crippen LogP contribution in [0.3, 0.4) is 0 Å². The van der Waals surface area contributed by atoms with Crippen LogP contribution in [0.1, 0.15) is 56.2 Å². The first-order valence-corrected chi connectivity index (χ1v) is 10.0. The SMILES string of the molecule is Cc1ccc(C2(C(=O)Nc3ccc(OCC(C)C)c(C)c3)CCCC2)cc1. The molecular formula is C24H31NO2. The molecule has 3 heteroatoms. The molecule has 1 aliphatic carbocycles. The third kappa shape index (κ3) is 4.35. The molecule has 0 saturated heterocycles. The fourth-order valence-electron chi connectivity index (χ4n) is 3.89. The van der Waals surface area contributed by atoms with Gasteiger partial charge in [0.2, 0.25) is 5.91 Å². The lowest BCUT2D eigenvalue weighted by molar-refractivity contribution is -0.121. The lowest BCUT2D eigenvalue weighted by Gasteiger charge is -2.28. The second kappa shape index (κ2) is 8.16. The molecule has 144 valence electrons. The smallest absolute Gasteiger partial charge is 0.235 e. The summed E-state index contributed by atoms with van der Waals surface area (Å²) in [4.78, 5) is 13.3. The van der Waals surface area contributed by atoms with Gasteiger partial charge in [-0.1, -0.05) is 56.5 Å². The van der Waals surface area contributed by atoms with Crippen molar-refractivity contribution in [3.8, 4) is 5.75 Å². The van der Waals surface area contributed by atoms with Crippen LogP contribution in [0.25, 0.3) is 0 Å². The van der Waals surface area contributed by atoms with Gasteiger partial charge in [-0.2, -0.15) is 0 Å². The third-order valence-corrected chi connectivity index (χ3v) is 5.50. The molecule has 2 aromatic rings. The average Bonchev–Trinajstić information content (AvgIpc) is 3.12. The van der Waals surface area contributed by atoms with Crippen LogP contribution in [-0.4, -0.2) is 12.5 Å². The maximum absolute atomic E-state index is 13.3. The Balaban J connectivity index is 1.78. The molecule has 2 aromatic carbocycles. The van der Waals surface area contributed by atoms with Gasteiger partial charge in [0, 0.05) is 5.69 Å². The highest BCUT2D eigenvalue weighted by Gasteiger charge is 2.42. The summed E-state index contributed by atoms with van der Waals surface area (Å²) in [5.74, 6) is 1.48. The Bertz CT molecular complexity index is 787. The van der Waals surface area contributed by atoms with Crippen LogP contribution >= 0.6 is 0 Å². The molecule has 0 unspecified atom stereocenters. The van der Waals surface area contributed by atoms with Crippen molar-refractivity contribution in [1.82, 2.24) is 0 Å². The largest absolute Gasteiger partial charge is 0.493 e. The molecule has 27 heavy (non-hydrogen) atoms. The van der Waals surface area contributed by atoms with Crippen LogP contribution in [0.5, 0.6) is 5.75 Å². The summed E-state index contributed by atoms with van der Waals surface area (Å²) in [7, 11) is 0. The predicted octanol–water partition coefficient (Wildman–Crippen LogP) is 5.79. The van der Waals surface area contributed by atoms with Crippen molar-refractivity contribution in [2.45, 2.75) is 58.8 Å². The van der Waals surface area contributed by atoms with Gasteiger partial charge in [-0.15, -0.1) is 0 Å². The summed E-state index contributed by atoms with van der Waals surface area (Å²) in [5.41, 5.74) is 3.84. The highest BCUT2D eigenvalue weighted by Crippen LogP contribution is 2.42. The number of amides is 1. The van der Waals surface area contributed by atoms with Gasteiger partial charge in [-0.05, 0) is 61.9 Å². The van der Waals surface area contributed by atoms with E-state index in [1.165, 1.54) is 5.56 Å². The van der Waals surface area contributed by atoms with Crippen molar-refractivity contribution < 1.29 is 9.53 Å². The van der Waals surface area contributed by atoms with Crippen LogP contribution in [0.15, 0.2) is 42.5 Å². The predicted molar refractivity (Wildman–Crippen MR) is 111 cm³/mol. The van der Waals surface area contributed by atoms with Crippen LogP contribution in [0.2, 0.25) is 0 Å². The van der Waals surface area contributed by atoms with Gasteiger partial charge < -0.3 is 10.1 Å². The number of ether oxygens (including phenoxy) is 1. The zero-order valence-electron chi connectivity index (χ0n) is 17.0. The quantitative estimate of drug-likeness (QED) is 0.704. The summed E-state index contributed by atoms with van der Waals surface area (Å²) < 4.78 is 5.85. The standard InChI is InChI=1S/C24H31NO2/c1-17(2)16-27-22-12-11-21(15-19(22)4)25-23(26)24(13-5-6-14-24)20-9-7-18(3)8-10-20/h7-12,15,17H,5-6,13-14,16H2,1-4H3,(H,25,26). The van der Waals surface area contributed by atoms with Crippen LogP contribution in [0.4, 0.5) is 5.69 Å². The minimum atomic E-state index is -0.408. The molecule has 1 saturated carbocycles. The summed E-state index contributed by atoms with van der Waals surface area (Å²) in [6.07, 6.45) is 4.03. The highest BCUT2D eigenvalue weighted by atomic mass is 16.5. The van der Waals surface area contributed by atoms with Crippen LogP contribution in [-0.2, 0) is 10.2 Å². The van der Waals surface area contributed by atoms with E-state index in [1.54, 1.807) is 0 Å². The number of carbonyl (C=O) groups is 1. The van der Waals surface area contributed by atoms with Crippen molar-refractivity contribution in [2.24, 2.45) is 5.92 Å². The first kappa shape index (κ1) is 19.5. The minimum Gasteiger partial charge on any atom is -0.493 e. The van der Waals surface area contributed by atoms with Crippen molar-refractivity contribution in [2.75, 3.05) is 11.9 Å². The van der Waals surface area contributed by atoms with Crippen molar-refractivity contribution in [3.63, 3.8) is 0 Å². The van der Waals surface area contributed by atoms with E-state index in [0.717, 1.165) is 48.2 Å². The third-order valence-electron chi connectivity index (χ3n) is 5.50. The van der Waals surface area contributed by atoms with E-state index in [-0.39, 0.29) is 5.91 Å². The second-order valence-electron chi connectivity index (χ2n) is 8.29. The van der Waals surface area contributed by atoms with E-state index in [1.807, 2.05) is 25.1 Å². The van der Waals surface area contributed by atoms with Gasteiger partial charge in [-0.3, -0.25) is 4.79 Å². The normalized spacial score (nSPS) is 15.7. The Morgan fingerprint density at radius 3 is 2.33 bits per heavy atom. The van der Waals surface area contributed by atoms with Gasteiger partial charge in [0.25, 0.3) is 0 Å². The van der Waals surface area contributed by atoms with E-state index in [9.17, 15) is 4.79 Å². The number of aryl methyl sites for hydroxylation is 2. The molecule has 1 amide bonds. The van der Waals surface area contributed by atoms with Gasteiger partial charge in [0.1, 0.15) is 5.75 Å². The molecule has 0 radical (unpaired) electrons. The molecule has 3 rings (SSSR count). The van der Waals surface area contributed by atoms with Gasteiger partial charge >= 0.3 is 0 Å². The minimum absolute atomic E-state index is 0.110. The lowest BCUT2D eigenvalue weighted by atomic mass is 9.77. The van der Waals surface area contributed by atoms with E-state index < -0.39 is 5.41 Å². The van der Waals surface area contributed by atoms with E-state index >= 15 is 0 Å². The fourth-order valence-corrected chi connectivity index (χ4v) is 3.89. The van der Waals surface area contributed by atoms with Crippen molar-refractivity contribution in [1.29, 1.82) is 0 Å². The zero-order chi connectivity index (χ0) is 19.4. The topological polar surface area (TPSA) is 38.3 Å². The van der Waals surface area contributed by atoms with Crippen LogP contribution in [0, 0.1) is 19.8 Å². The fraction of sp³-hybridized carbons (Fsp3) is 0.458. The molecular weight excluding hydrogens is 334 g/mol. The summed E-state index contributed by atoms with van der Waals surface area (Å²) in [5, 5.41) is 3.18. The molecule has 0 heterocycles. The van der Waals surface area contributed by atoms with Gasteiger partial charge in [0.05, 0.1) is 12.0 Å². The zero-order valence-corrected chi connectivity index (χ0v) is 17.0. The van der Waals surface area contributed by atoms with E-state index in [0.29, 0.717) is 12.5 Å². The molecule has 0 aliphatic heterocycles. The number of benzene rings is 2. The molecule has 0 spiro atoms. The van der Waals surface area contributed by atoms with Crippen molar-refractivity contribution in [3.05, 3.63) is 59.2 Å². The summed E-state index contributed by atoms with van der Waals surface area (Å²) in [6, 6.07) is 14.4. The van der Waals surface area contributed by atoms with E-state index in [4.69, 9.17) is 4.74 Å². The molecule has 0 atom stereocenters.